The predicted molar refractivity (Wildman–Crippen MR) is 65.7 cm³/mol. The summed E-state index contributed by atoms with van der Waals surface area (Å²) in [6, 6.07) is 0.536. The Morgan fingerprint density at radius 3 is 1.73 bits per heavy atom. The molecule has 0 rings (SSSR count). The van der Waals surface area contributed by atoms with E-state index in [9.17, 15) is 4.79 Å². The number of rotatable bonds is 4. The first-order chi connectivity index (χ1) is 6.82. The molecule has 0 saturated carbocycles. The van der Waals surface area contributed by atoms with Gasteiger partial charge in [-0.2, -0.15) is 0 Å². The Hall–Kier alpha value is -0.790. The lowest BCUT2D eigenvalue weighted by Gasteiger charge is -2.33. The lowest BCUT2D eigenvalue weighted by Crippen LogP contribution is -2.44. The molecular weight excluding hydrogens is 186 g/mol. The van der Waals surface area contributed by atoms with E-state index in [4.69, 9.17) is 0 Å². The Labute approximate surface area is 94.4 Å². The summed E-state index contributed by atoms with van der Waals surface area (Å²) in [5.74, 6) is 0.232. The summed E-state index contributed by atoms with van der Waals surface area (Å²) in [6.07, 6.45) is 2.02. The van der Waals surface area contributed by atoms with Gasteiger partial charge in [-0.3, -0.25) is 4.79 Å². The van der Waals surface area contributed by atoms with E-state index >= 15 is 0 Å². The number of nitrogens with zero attached hydrogens (tertiary/aromatic N) is 1. The smallest absolute Gasteiger partial charge is 0.229 e. The summed E-state index contributed by atoms with van der Waals surface area (Å²) in [7, 11) is 0. The van der Waals surface area contributed by atoms with Crippen molar-refractivity contribution in [2.24, 2.45) is 5.92 Å². The first-order valence-corrected chi connectivity index (χ1v) is 5.77. The molecule has 88 valence electrons. The van der Waals surface area contributed by atoms with Crippen LogP contribution in [-0.2, 0) is 4.79 Å². The van der Waals surface area contributed by atoms with Crippen molar-refractivity contribution >= 4 is 5.91 Å². The molecular formula is C13H25NO. The Morgan fingerprint density at radius 2 is 1.47 bits per heavy atom. The second-order valence-corrected chi connectivity index (χ2v) is 4.69. The quantitative estimate of drug-likeness (QED) is 0.654. The van der Waals surface area contributed by atoms with E-state index in [0.717, 1.165) is 5.57 Å². The van der Waals surface area contributed by atoms with Gasteiger partial charge in [0.05, 0.1) is 5.92 Å². The zero-order valence-corrected chi connectivity index (χ0v) is 11.2. The molecule has 0 aromatic heterocycles. The number of carbonyl (C=O) groups is 1. The number of allylic oxidation sites excluding steroid dienone is 1. The van der Waals surface area contributed by atoms with Crippen LogP contribution in [0.25, 0.3) is 0 Å². The van der Waals surface area contributed by atoms with Gasteiger partial charge in [-0.1, -0.05) is 11.6 Å². The van der Waals surface area contributed by atoms with Gasteiger partial charge >= 0.3 is 0 Å². The minimum Gasteiger partial charge on any atom is -0.337 e. The van der Waals surface area contributed by atoms with E-state index in [1.54, 1.807) is 0 Å². The van der Waals surface area contributed by atoms with Gasteiger partial charge in [-0.15, -0.1) is 0 Å². The van der Waals surface area contributed by atoms with Crippen molar-refractivity contribution in [3.8, 4) is 0 Å². The van der Waals surface area contributed by atoms with Gasteiger partial charge in [-0.25, -0.2) is 0 Å². The van der Waals surface area contributed by atoms with Crippen LogP contribution in [0.1, 0.15) is 48.5 Å². The molecule has 0 N–H and O–H groups in total. The zero-order valence-electron chi connectivity index (χ0n) is 11.2. The first-order valence-electron chi connectivity index (χ1n) is 5.77. The number of amides is 1. The van der Waals surface area contributed by atoms with Crippen LogP contribution in [0.4, 0.5) is 0 Å². The van der Waals surface area contributed by atoms with Gasteiger partial charge in [0.1, 0.15) is 0 Å². The van der Waals surface area contributed by atoms with Crippen LogP contribution in [0.5, 0.6) is 0 Å². The van der Waals surface area contributed by atoms with Gasteiger partial charge in [0.2, 0.25) is 5.91 Å². The molecule has 0 saturated heterocycles. The number of hydrogen-bond acceptors (Lipinski definition) is 1. The summed E-state index contributed by atoms with van der Waals surface area (Å²) < 4.78 is 0. The average molecular weight is 211 g/mol. The van der Waals surface area contributed by atoms with Crippen LogP contribution in [0.3, 0.4) is 0 Å². The molecule has 0 heterocycles. The Kier molecular flexibility index (Phi) is 5.63. The summed E-state index contributed by atoms with van der Waals surface area (Å²) >= 11 is 0. The van der Waals surface area contributed by atoms with E-state index in [-0.39, 0.29) is 23.9 Å². The average Bonchev–Trinajstić information content (AvgIpc) is 2.14. The van der Waals surface area contributed by atoms with Crippen LogP contribution in [0, 0.1) is 5.92 Å². The molecule has 2 heteroatoms. The van der Waals surface area contributed by atoms with Gasteiger partial charge in [0.15, 0.2) is 0 Å². The van der Waals surface area contributed by atoms with E-state index < -0.39 is 0 Å². The fourth-order valence-electron chi connectivity index (χ4n) is 1.77. The van der Waals surface area contributed by atoms with Crippen molar-refractivity contribution in [3.63, 3.8) is 0 Å². The van der Waals surface area contributed by atoms with Gasteiger partial charge < -0.3 is 4.90 Å². The third-order valence-corrected chi connectivity index (χ3v) is 2.88. The molecule has 0 fully saturated rings. The highest BCUT2D eigenvalue weighted by atomic mass is 16.2. The van der Waals surface area contributed by atoms with Gasteiger partial charge in [-0.05, 0) is 48.5 Å². The van der Waals surface area contributed by atoms with Crippen molar-refractivity contribution in [2.75, 3.05) is 0 Å². The standard InChI is InChI=1S/C13H25NO/c1-8-11(6)12(7)13(15)14(9(2)3)10(4)5/h8-10,12H,1-7H3/b11-8+. The monoisotopic (exact) mass is 211 g/mol. The fourth-order valence-corrected chi connectivity index (χ4v) is 1.77. The predicted octanol–water partition coefficient (Wildman–Crippen LogP) is 3.23. The maximum Gasteiger partial charge on any atom is 0.229 e. The van der Waals surface area contributed by atoms with Crippen molar-refractivity contribution in [3.05, 3.63) is 11.6 Å². The van der Waals surface area contributed by atoms with Gasteiger partial charge in [0.25, 0.3) is 0 Å². The molecule has 1 unspecified atom stereocenters. The molecule has 0 aliphatic carbocycles. The van der Waals surface area contributed by atoms with Crippen molar-refractivity contribution in [2.45, 2.75) is 60.5 Å². The maximum atomic E-state index is 12.2. The van der Waals surface area contributed by atoms with Crippen LogP contribution in [0.15, 0.2) is 11.6 Å². The SMILES string of the molecule is C/C=C(\C)C(C)C(=O)N(C(C)C)C(C)C. The van der Waals surface area contributed by atoms with Crippen LogP contribution < -0.4 is 0 Å². The van der Waals surface area contributed by atoms with E-state index in [0.29, 0.717) is 0 Å². The number of hydrogen-bond donors (Lipinski definition) is 0. The van der Waals surface area contributed by atoms with Crippen LogP contribution in [0.2, 0.25) is 0 Å². The molecule has 1 amide bonds. The lowest BCUT2D eigenvalue weighted by molar-refractivity contribution is -0.137. The molecule has 2 nitrogen and oxygen atoms in total. The molecule has 0 aromatic rings. The maximum absolute atomic E-state index is 12.2. The fraction of sp³-hybridized carbons (Fsp3) is 0.769. The summed E-state index contributed by atoms with van der Waals surface area (Å²) in [5.41, 5.74) is 1.14. The van der Waals surface area contributed by atoms with Gasteiger partial charge in [0, 0.05) is 12.1 Å². The highest BCUT2D eigenvalue weighted by Crippen LogP contribution is 2.17. The van der Waals surface area contributed by atoms with Crippen LogP contribution in [-0.4, -0.2) is 22.9 Å². The Morgan fingerprint density at radius 1 is 1.07 bits per heavy atom. The highest BCUT2D eigenvalue weighted by Gasteiger charge is 2.25. The lowest BCUT2D eigenvalue weighted by atomic mass is 9.99. The van der Waals surface area contributed by atoms with Crippen LogP contribution >= 0.6 is 0 Å². The van der Waals surface area contributed by atoms with Crippen molar-refractivity contribution in [1.29, 1.82) is 0 Å². The van der Waals surface area contributed by atoms with E-state index in [1.807, 2.05) is 31.7 Å². The normalized spacial score (nSPS) is 14.6. The summed E-state index contributed by atoms with van der Waals surface area (Å²) in [4.78, 5) is 14.2. The van der Waals surface area contributed by atoms with E-state index in [2.05, 4.69) is 27.7 Å². The minimum absolute atomic E-state index is 0.000185. The first kappa shape index (κ1) is 14.2. The Bertz CT molecular complexity index is 233. The molecule has 0 aliphatic rings. The topological polar surface area (TPSA) is 20.3 Å². The molecule has 0 bridgehead atoms. The third kappa shape index (κ3) is 3.69. The molecule has 0 radical (unpaired) electrons. The highest BCUT2D eigenvalue weighted by molar-refractivity contribution is 5.81. The number of carbonyl (C=O) groups excluding carboxylic acids is 1. The minimum atomic E-state index is -0.000185. The third-order valence-electron chi connectivity index (χ3n) is 2.88. The molecule has 0 aromatic carbocycles. The second-order valence-electron chi connectivity index (χ2n) is 4.69. The van der Waals surface area contributed by atoms with Crippen molar-refractivity contribution in [1.82, 2.24) is 4.90 Å². The zero-order chi connectivity index (χ0) is 12.2. The molecule has 0 aliphatic heterocycles. The van der Waals surface area contributed by atoms with Crippen molar-refractivity contribution < 1.29 is 4.79 Å². The molecule has 0 spiro atoms. The second kappa shape index (κ2) is 5.94. The van der Waals surface area contributed by atoms with E-state index in [1.165, 1.54) is 0 Å². The summed E-state index contributed by atoms with van der Waals surface area (Å²) in [6.45, 7) is 14.2. The molecule has 1 atom stereocenters. The largest absolute Gasteiger partial charge is 0.337 e. The molecule has 15 heavy (non-hydrogen) atoms. The Balaban J connectivity index is 4.80. The summed E-state index contributed by atoms with van der Waals surface area (Å²) in [5, 5.41) is 0.